The smallest absolute Gasteiger partial charge is 0.410 e. The van der Waals surface area contributed by atoms with Crippen LogP contribution in [0.5, 0.6) is 0 Å². The lowest BCUT2D eigenvalue weighted by Crippen LogP contribution is -2.58. The van der Waals surface area contributed by atoms with Crippen LogP contribution in [0.1, 0.15) is 38.6 Å². The Hall–Kier alpha value is -1.60. The molecule has 128 valence electrons. The summed E-state index contributed by atoms with van der Waals surface area (Å²) in [6, 6.07) is 3.25. The molecule has 2 heterocycles. The fraction of sp³-hybridized carbons (Fsp3) is 0.625. The van der Waals surface area contributed by atoms with Gasteiger partial charge in [0.1, 0.15) is 11.6 Å². The Kier molecular flexibility index (Phi) is 5.31. The lowest BCUT2D eigenvalue weighted by Gasteiger charge is -2.42. The Morgan fingerprint density at radius 2 is 2.09 bits per heavy atom. The molecule has 0 aliphatic carbocycles. The number of thiophene rings is 1. The molecule has 0 spiro atoms. The first-order valence-corrected chi connectivity index (χ1v) is 8.57. The first-order chi connectivity index (χ1) is 10.7. The minimum atomic E-state index is -0.915. The van der Waals surface area contributed by atoms with Crippen molar-refractivity contribution in [3.05, 3.63) is 22.4 Å². The van der Waals surface area contributed by atoms with Gasteiger partial charge in [0, 0.05) is 24.0 Å². The maximum absolute atomic E-state index is 12.2. The molecular formula is C16H24N2O4S. The molecule has 7 heteroatoms. The molecule has 2 atom stereocenters. The van der Waals surface area contributed by atoms with Gasteiger partial charge >= 0.3 is 12.1 Å². The summed E-state index contributed by atoms with van der Waals surface area (Å²) in [6.07, 6.45) is -0.452. The normalized spacial score (nSPS) is 21.0. The van der Waals surface area contributed by atoms with Crippen molar-refractivity contribution >= 4 is 23.4 Å². The van der Waals surface area contributed by atoms with Gasteiger partial charge in [0.25, 0.3) is 0 Å². The van der Waals surface area contributed by atoms with Crippen molar-refractivity contribution in [2.75, 3.05) is 19.6 Å². The van der Waals surface area contributed by atoms with Crippen molar-refractivity contribution in [2.45, 2.75) is 45.4 Å². The summed E-state index contributed by atoms with van der Waals surface area (Å²) < 4.78 is 5.35. The van der Waals surface area contributed by atoms with Gasteiger partial charge in [-0.3, -0.25) is 9.69 Å². The number of carboxylic acids is 1. The predicted octanol–water partition coefficient (Wildman–Crippen LogP) is 2.82. The summed E-state index contributed by atoms with van der Waals surface area (Å²) >= 11 is 1.61. The number of rotatable bonds is 3. The van der Waals surface area contributed by atoms with Crippen molar-refractivity contribution in [1.82, 2.24) is 9.80 Å². The van der Waals surface area contributed by atoms with Crippen LogP contribution in [-0.2, 0) is 9.53 Å². The molecule has 0 saturated carbocycles. The molecule has 1 aliphatic rings. The number of amides is 1. The van der Waals surface area contributed by atoms with Gasteiger partial charge in [0.05, 0.1) is 6.54 Å². The molecule has 1 N–H and O–H groups in total. The number of carboxylic acid groups (broad SMARTS) is 1. The monoisotopic (exact) mass is 340 g/mol. The molecule has 1 saturated heterocycles. The van der Waals surface area contributed by atoms with Crippen LogP contribution < -0.4 is 0 Å². The number of hydrogen-bond acceptors (Lipinski definition) is 5. The van der Waals surface area contributed by atoms with E-state index in [2.05, 4.69) is 0 Å². The first-order valence-electron chi connectivity index (χ1n) is 7.69. The average molecular weight is 340 g/mol. The SMILES string of the molecule is C[C@H](c1cccs1)N1CCN(C(=O)OC(C)(C)C)C[C@H]1C(=O)O. The molecule has 1 aromatic rings. The van der Waals surface area contributed by atoms with Gasteiger partial charge in [-0.2, -0.15) is 0 Å². The average Bonchev–Trinajstić information content (AvgIpc) is 2.98. The van der Waals surface area contributed by atoms with E-state index in [0.29, 0.717) is 13.1 Å². The fourth-order valence-corrected chi connectivity index (χ4v) is 3.47. The highest BCUT2D eigenvalue weighted by Gasteiger charge is 2.38. The van der Waals surface area contributed by atoms with Gasteiger partial charge < -0.3 is 14.7 Å². The fourth-order valence-electron chi connectivity index (χ4n) is 2.67. The van der Waals surface area contributed by atoms with Crippen LogP contribution in [0.4, 0.5) is 4.79 Å². The molecule has 0 bridgehead atoms. The lowest BCUT2D eigenvalue weighted by molar-refractivity contribution is -0.146. The molecule has 23 heavy (non-hydrogen) atoms. The van der Waals surface area contributed by atoms with Crippen LogP contribution in [0.3, 0.4) is 0 Å². The highest BCUT2D eigenvalue weighted by Crippen LogP contribution is 2.28. The number of nitrogens with zero attached hydrogens (tertiary/aromatic N) is 2. The third-order valence-electron chi connectivity index (χ3n) is 3.81. The molecule has 1 aliphatic heterocycles. The summed E-state index contributed by atoms with van der Waals surface area (Å²) in [7, 11) is 0. The van der Waals surface area contributed by atoms with Crippen LogP contribution in [-0.4, -0.2) is 58.2 Å². The number of carbonyl (C=O) groups is 2. The highest BCUT2D eigenvalue weighted by molar-refractivity contribution is 7.10. The van der Waals surface area contributed by atoms with Gasteiger partial charge in [-0.15, -0.1) is 11.3 Å². The summed E-state index contributed by atoms with van der Waals surface area (Å²) in [4.78, 5) is 28.4. The zero-order chi connectivity index (χ0) is 17.2. The van der Waals surface area contributed by atoms with Crippen molar-refractivity contribution < 1.29 is 19.4 Å². The number of ether oxygens (including phenoxy) is 1. The van der Waals surface area contributed by atoms with Gasteiger partial charge in [-0.1, -0.05) is 6.07 Å². The van der Waals surface area contributed by atoms with E-state index < -0.39 is 23.7 Å². The van der Waals surface area contributed by atoms with E-state index in [1.165, 1.54) is 4.90 Å². The molecule has 1 amide bonds. The van der Waals surface area contributed by atoms with Crippen LogP contribution in [0, 0.1) is 0 Å². The Morgan fingerprint density at radius 3 is 2.61 bits per heavy atom. The minimum absolute atomic E-state index is 0.0110. The molecule has 6 nitrogen and oxygen atoms in total. The largest absolute Gasteiger partial charge is 0.480 e. The second-order valence-corrected chi connectivity index (χ2v) is 7.69. The van der Waals surface area contributed by atoms with Crippen molar-refractivity contribution in [2.24, 2.45) is 0 Å². The zero-order valence-electron chi connectivity index (χ0n) is 14.0. The van der Waals surface area contributed by atoms with Crippen LogP contribution in [0.15, 0.2) is 17.5 Å². The van der Waals surface area contributed by atoms with Gasteiger partial charge in [0.15, 0.2) is 0 Å². The van der Waals surface area contributed by atoms with E-state index in [1.54, 1.807) is 32.1 Å². The standard InChI is InChI=1S/C16H24N2O4S/c1-11(13-6-5-9-23-13)18-8-7-17(10-12(18)14(19)20)15(21)22-16(2,3)4/h5-6,9,11-12H,7-8,10H2,1-4H3,(H,19,20)/t11-,12+/m1/s1. The molecule has 2 rings (SSSR count). The second-order valence-electron chi connectivity index (χ2n) is 6.71. The molecule has 0 unspecified atom stereocenters. The van der Waals surface area contributed by atoms with E-state index in [4.69, 9.17) is 4.74 Å². The maximum Gasteiger partial charge on any atom is 0.410 e. The Morgan fingerprint density at radius 1 is 1.39 bits per heavy atom. The second kappa shape index (κ2) is 6.88. The van der Waals surface area contributed by atoms with Crippen LogP contribution in [0.2, 0.25) is 0 Å². The first kappa shape index (κ1) is 17.7. The Labute approximate surface area is 140 Å². The third-order valence-corrected chi connectivity index (χ3v) is 4.85. The predicted molar refractivity (Wildman–Crippen MR) is 88.7 cm³/mol. The number of piperazine rings is 1. The quantitative estimate of drug-likeness (QED) is 0.916. The molecule has 1 fully saturated rings. The van der Waals surface area contributed by atoms with E-state index in [-0.39, 0.29) is 12.6 Å². The third kappa shape index (κ3) is 4.45. The Balaban J connectivity index is 2.09. The van der Waals surface area contributed by atoms with Crippen LogP contribution >= 0.6 is 11.3 Å². The topological polar surface area (TPSA) is 70.1 Å². The molecule has 1 aromatic heterocycles. The van der Waals surface area contributed by atoms with Crippen LogP contribution in [0.25, 0.3) is 0 Å². The lowest BCUT2D eigenvalue weighted by atomic mass is 10.1. The summed E-state index contributed by atoms with van der Waals surface area (Å²) in [5, 5.41) is 11.6. The van der Waals surface area contributed by atoms with Crippen molar-refractivity contribution in [3.8, 4) is 0 Å². The zero-order valence-corrected chi connectivity index (χ0v) is 14.8. The minimum Gasteiger partial charge on any atom is -0.480 e. The summed E-state index contributed by atoms with van der Waals surface area (Å²) in [5.41, 5.74) is -0.586. The van der Waals surface area contributed by atoms with Gasteiger partial charge in [0.2, 0.25) is 0 Å². The highest BCUT2D eigenvalue weighted by atomic mass is 32.1. The van der Waals surface area contributed by atoms with Crippen molar-refractivity contribution in [1.29, 1.82) is 0 Å². The van der Waals surface area contributed by atoms with E-state index in [1.807, 2.05) is 29.3 Å². The van der Waals surface area contributed by atoms with E-state index >= 15 is 0 Å². The summed E-state index contributed by atoms with van der Waals surface area (Å²) in [6.45, 7) is 8.52. The van der Waals surface area contributed by atoms with Gasteiger partial charge in [-0.05, 0) is 39.1 Å². The molecular weight excluding hydrogens is 316 g/mol. The van der Waals surface area contributed by atoms with Crippen molar-refractivity contribution in [3.63, 3.8) is 0 Å². The Bertz CT molecular complexity index is 553. The maximum atomic E-state index is 12.2. The number of hydrogen-bond donors (Lipinski definition) is 1. The van der Waals surface area contributed by atoms with E-state index in [0.717, 1.165) is 4.88 Å². The summed E-state index contributed by atoms with van der Waals surface area (Å²) in [5.74, 6) is -0.915. The van der Waals surface area contributed by atoms with E-state index in [9.17, 15) is 14.7 Å². The number of carbonyl (C=O) groups excluding carboxylic acids is 1. The number of aliphatic carboxylic acids is 1. The van der Waals surface area contributed by atoms with Gasteiger partial charge in [-0.25, -0.2) is 4.79 Å². The molecule has 0 aromatic carbocycles. The molecule has 0 radical (unpaired) electrons.